The number of hydrogen-bond donors (Lipinski definition) is 4. The Hall–Kier alpha value is -4.81. The zero-order valence-corrected chi connectivity index (χ0v) is 21.0. The van der Waals surface area contributed by atoms with E-state index >= 15 is 0 Å². The van der Waals surface area contributed by atoms with Gasteiger partial charge in [0.1, 0.15) is 29.5 Å². The Labute approximate surface area is 221 Å². The fraction of sp³-hybridized carbons (Fsp3) is 0.231. The molecule has 3 rings (SSSR count). The van der Waals surface area contributed by atoms with E-state index in [0.29, 0.717) is 17.1 Å². The number of anilines is 1. The first-order valence-corrected chi connectivity index (χ1v) is 11.6. The van der Waals surface area contributed by atoms with Crippen molar-refractivity contribution in [2.45, 2.75) is 19.6 Å². The van der Waals surface area contributed by atoms with Gasteiger partial charge in [0, 0.05) is 32.8 Å². The zero-order valence-electron chi connectivity index (χ0n) is 21.0. The molecular weight excluding hydrogens is 519 g/mol. The highest BCUT2D eigenvalue weighted by Crippen LogP contribution is 2.35. The van der Waals surface area contributed by atoms with Crippen molar-refractivity contribution in [1.29, 1.82) is 0 Å². The molecule has 0 aliphatic carbocycles. The molecule has 4 amide bonds. The summed E-state index contributed by atoms with van der Waals surface area (Å²) in [5.41, 5.74) is -0.250. The van der Waals surface area contributed by atoms with Gasteiger partial charge < -0.3 is 30.7 Å². The van der Waals surface area contributed by atoms with Crippen molar-refractivity contribution in [3.63, 3.8) is 0 Å². The van der Waals surface area contributed by atoms with Crippen molar-refractivity contribution in [2.24, 2.45) is 0 Å². The summed E-state index contributed by atoms with van der Waals surface area (Å²) in [6.07, 6.45) is -3.17. The molecule has 206 valence electrons. The summed E-state index contributed by atoms with van der Waals surface area (Å²) < 4.78 is 50.8. The Morgan fingerprint density at radius 1 is 0.949 bits per heavy atom. The van der Waals surface area contributed by atoms with Crippen LogP contribution in [0.4, 0.5) is 23.7 Å². The minimum Gasteiger partial charge on any atom is -0.490 e. The molecule has 0 bridgehead atoms. The third-order valence-corrected chi connectivity index (χ3v) is 5.09. The maximum Gasteiger partial charge on any atom is 0.416 e. The van der Waals surface area contributed by atoms with Crippen LogP contribution in [0.1, 0.15) is 28.5 Å². The Balaban J connectivity index is 1.60. The summed E-state index contributed by atoms with van der Waals surface area (Å²) >= 11 is 0. The van der Waals surface area contributed by atoms with Gasteiger partial charge in [0.25, 0.3) is 5.91 Å². The van der Waals surface area contributed by atoms with Gasteiger partial charge >= 0.3 is 12.2 Å². The molecular formula is C26H26F3N5O5. The van der Waals surface area contributed by atoms with Gasteiger partial charge in [-0.1, -0.05) is 12.1 Å². The summed E-state index contributed by atoms with van der Waals surface area (Å²) in [5, 5.41) is 9.94. The molecule has 0 radical (unpaired) electrons. The number of nitrogens with zero attached hydrogens (tertiary/aromatic N) is 1. The molecule has 0 fully saturated rings. The summed E-state index contributed by atoms with van der Waals surface area (Å²) in [4.78, 5) is 39.1. The molecule has 0 saturated heterocycles. The van der Waals surface area contributed by atoms with Crippen molar-refractivity contribution in [3.05, 3.63) is 77.6 Å². The second kappa shape index (κ2) is 13.1. The van der Waals surface area contributed by atoms with Gasteiger partial charge in [0.2, 0.25) is 5.91 Å². The number of alkyl halides is 3. The van der Waals surface area contributed by atoms with Gasteiger partial charge in [-0.3, -0.25) is 14.6 Å². The van der Waals surface area contributed by atoms with Crippen LogP contribution in [0, 0.1) is 0 Å². The van der Waals surface area contributed by atoms with Crippen LogP contribution in [0.3, 0.4) is 0 Å². The SMILES string of the molecule is CNC(=O)c1cc(Oc2ccc(CNC(=O)Nc3cc(C(F)(F)F)ccc3OCCNC(C)=O)cc2)ccn1. The lowest BCUT2D eigenvalue weighted by molar-refractivity contribution is -0.137. The number of amides is 4. The number of pyridine rings is 1. The lowest BCUT2D eigenvalue weighted by Gasteiger charge is -2.16. The van der Waals surface area contributed by atoms with E-state index in [1.807, 2.05) is 0 Å². The second-order valence-electron chi connectivity index (χ2n) is 8.05. The Morgan fingerprint density at radius 3 is 2.36 bits per heavy atom. The summed E-state index contributed by atoms with van der Waals surface area (Å²) in [6, 6.07) is 11.7. The van der Waals surface area contributed by atoms with E-state index in [9.17, 15) is 27.6 Å². The number of urea groups is 1. The van der Waals surface area contributed by atoms with E-state index in [1.54, 1.807) is 30.3 Å². The molecule has 3 aromatic rings. The van der Waals surface area contributed by atoms with E-state index in [-0.39, 0.29) is 48.6 Å². The number of nitrogens with one attached hydrogen (secondary N) is 4. The van der Waals surface area contributed by atoms with Gasteiger partial charge in [-0.15, -0.1) is 0 Å². The third kappa shape index (κ3) is 8.91. The van der Waals surface area contributed by atoms with E-state index in [0.717, 1.165) is 18.2 Å². The standard InChI is InChI=1S/C26H26F3N5O5/c1-16(35)31-11-12-38-23-8-5-18(26(27,28)29)13-21(23)34-25(37)33-15-17-3-6-19(7-4-17)39-20-9-10-32-22(14-20)24(36)30-2/h3-10,13-14H,11-12,15H2,1-2H3,(H,30,36)(H,31,35)(H2,33,34,37). The molecule has 0 atom stereocenters. The van der Waals surface area contributed by atoms with Gasteiger partial charge in [-0.25, -0.2) is 4.79 Å². The van der Waals surface area contributed by atoms with Crippen molar-refractivity contribution < 1.29 is 37.0 Å². The Kier molecular flexibility index (Phi) is 9.68. The summed E-state index contributed by atoms with van der Waals surface area (Å²) in [6.45, 7) is 1.52. The van der Waals surface area contributed by atoms with Gasteiger partial charge in [-0.05, 0) is 42.0 Å². The molecule has 0 spiro atoms. The molecule has 0 unspecified atom stereocenters. The average molecular weight is 546 g/mol. The monoisotopic (exact) mass is 545 g/mol. The normalized spacial score (nSPS) is 10.8. The van der Waals surface area contributed by atoms with E-state index in [1.165, 1.54) is 26.2 Å². The molecule has 10 nitrogen and oxygen atoms in total. The van der Waals surface area contributed by atoms with Gasteiger partial charge in [0.15, 0.2) is 0 Å². The number of carbonyl (C=O) groups is 3. The summed E-state index contributed by atoms with van der Waals surface area (Å²) in [5.74, 6) is 0.262. The predicted octanol–water partition coefficient (Wildman–Crippen LogP) is 4.09. The third-order valence-electron chi connectivity index (χ3n) is 5.09. The van der Waals surface area contributed by atoms with Crippen LogP contribution in [0.2, 0.25) is 0 Å². The quantitative estimate of drug-likeness (QED) is 0.284. The number of benzene rings is 2. The Bertz CT molecular complexity index is 1320. The van der Waals surface area contributed by atoms with Gasteiger partial charge in [0.05, 0.1) is 17.8 Å². The molecule has 2 aromatic carbocycles. The van der Waals surface area contributed by atoms with Crippen molar-refractivity contribution >= 4 is 23.5 Å². The predicted molar refractivity (Wildman–Crippen MR) is 136 cm³/mol. The van der Waals surface area contributed by atoms with Crippen molar-refractivity contribution in [2.75, 3.05) is 25.5 Å². The second-order valence-corrected chi connectivity index (χ2v) is 8.05. The molecule has 1 heterocycles. The highest BCUT2D eigenvalue weighted by Gasteiger charge is 2.31. The van der Waals surface area contributed by atoms with Crippen LogP contribution in [0.5, 0.6) is 17.2 Å². The lowest BCUT2D eigenvalue weighted by Crippen LogP contribution is -2.29. The number of carbonyl (C=O) groups excluding carboxylic acids is 3. The lowest BCUT2D eigenvalue weighted by atomic mass is 10.1. The first-order chi connectivity index (χ1) is 18.5. The minimum absolute atomic E-state index is 0.0116. The smallest absolute Gasteiger partial charge is 0.416 e. The minimum atomic E-state index is -4.62. The highest BCUT2D eigenvalue weighted by molar-refractivity contribution is 5.92. The van der Waals surface area contributed by atoms with Crippen LogP contribution in [0.25, 0.3) is 0 Å². The number of ether oxygens (including phenoxy) is 2. The number of hydrogen-bond acceptors (Lipinski definition) is 6. The molecule has 0 aliphatic rings. The Morgan fingerprint density at radius 2 is 1.69 bits per heavy atom. The fourth-order valence-electron chi connectivity index (χ4n) is 3.21. The van der Waals surface area contributed by atoms with Crippen LogP contribution < -0.4 is 30.7 Å². The topological polar surface area (TPSA) is 131 Å². The van der Waals surface area contributed by atoms with E-state index < -0.39 is 17.8 Å². The molecule has 13 heteroatoms. The first kappa shape index (κ1) is 28.8. The molecule has 4 N–H and O–H groups in total. The van der Waals surface area contributed by atoms with Crippen molar-refractivity contribution in [3.8, 4) is 17.2 Å². The number of rotatable bonds is 10. The van der Waals surface area contributed by atoms with E-state index in [2.05, 4.69) is 26.3 Å². The molecule has 1 aromatic heterocycles. The zero-order chi connectivity index (χ0) is 28.4. The average Bonchev–Trinajstić information content (AvgIpc) is 2.90. The van der Waals surface area contributed by atoms with E-state index in [4.69, 9.17) is 9.47 Å². The van der Waals surface area contributed by atoms with Crippen LogP contribution in [-0.4, -0.2) is 43.0 Å². The summed E-state index contributed by atoms with van der Waals surface area (Å²) in [7, 11) is 1.49. The molecule has 0 aliphatic heterocycles. The van der Waals surface area contributed by atoms with Crippen LogP contribution in [-0.2, 0) is 17.5 Å². The maximum atomic E-state index is 13.2. The molecule has 0 saturated carbocycles. The van der Waals surface area contributed by atoms with Crippen LogP contribution in [0.15, 0.2) is 60.8 Å². The van der Waals surface area contributed by atoms with Crippen LogP contribution >= 0.6 is 0 Å². The highest BCUT2D eigenvalue weighted by atomic mass is 19.4. The maximum absolute atomic E-state index is 13.2. The largest absolute Gasteiger partial charge is 0.490 e. The van der Waals surface area contributed by atoms with Gasteiger partial charge in [-0.2, -0.15) is 13.2 Å². The fourth-order valence-corrected chi connectivity index (χ4v) is 3.21. The number of halogens is 3. The van der Waals surface area contributed by atoms with Crippen molar-refractivity contribution in [1.82, 2.24) is 20.9 Å². The molecule has 39 heavy (non-hydrogen) atoms. The number of aromatic nitrogens is 1. The first-order valence-electron chi connectivity index (χ1n) is 11.6.